The van der Waals surface area contributed by atoms with Crippen molar-refractivity contribution in [1.29, 1.82) is 5.26 Å². The highest BCUT2D eigenvalue weighted by Crippen LogP contribution is 2.28. The molecule has 96 valence electrons. The number of anilines is 1. The topological polar surface area (TPSA) is 71.3 Å². The lowest BCUT2D eigenvalue weighted by Gasteiger charge is -2.20. The Kier molecular flexibility index (Phi) is 4.16. The maximum Gasteiger partial charge on any atom is 0.412 e. The summed E-state index contributed by atoms with van der Waals surface area (Å²) in [5.74, 6) is 0.325. The minimum absolute atomic E-state index is 0.325. The molecule has 0 atom stereocenters. The van der Waals surface area contributed by atoms with Gasteiger partial charge in [0.2, 0.25) is 0 Å². The van der Waals surface area contributed by atoms with E-state index in [9.17, 15) is 4.79 Å². The number of benzene rings is 1. The van der Waals surface area contributed by atoms with Crippen LogP contribution in [0.3, 0.4) is 0 Å². The summed E-state index contributed by atoms with van der Waals surface area (Å²) >= 11 is 0. The van der Waals surface area contributed by atoms with Gasteiger partial charge in [-0.1, -0.05) is 6.07 Å². The van der Waals surface area contributed by atoms with Gasteiger partial charge in [0.25, 0.3) is 0 Å². The van der Waals surface area contributed by atoms with E-state index in [0.717, 1.165) is 0 Å². The lowest BCUT2D eigenvalue weighted by atomic mass is 10.2. The summed E-state index contributed by atoms with van der Waals surface area (Å²) in [4.78, 5) is 11.6. The number of nitrogens with one attached hydrogen (secondary N) is 1. The predicted octanol–water partition coefficient (Wildman–Crippen LogP) is 2.91. The monoisotopic (exact) mass is 248 g/mol. The van der Waals surface area contributed by atoms with Crippen LogP contribution in [0.2, 0.25) is 0 Å². The average Bonchev–Trinajstić information content (AvgIpc) is 2.25. The third kappa shape index (κ3) is 3.67. The Bertz CT molecular complexity index is 484. The maximum absolute atomic E-state index is 11.6. The Hall–Kier alpha value is -2.22. The normalized spacial score (nSPS) is 10.4. The van der Waals surface area contributed by atoms with Crippen LogP contribution in [0.1, 0.15) is 26.3 Å². The summed E-state index contributed by atoms with van der Waals surface area (Å²) in [5.41, 5.74) is 0.182. The van der Waals surface area contributed by atoms with E-state index in [-0.39, 0.29) is 0 Å². The van der Waals surface area contributed by atoms with Gasteiger partial charge >= 0.3 is 6.09 Å². The van der Waals surface area contributed by atoms with E-state index in [1.54, 1.807) is 39.0 Å². The van der Waals surface area contributed by atoms with Crippen molar-refractivity contribution >= 4 is 11.8 Å². The highest BCUT2D eigenvalue weighted by Gasteiger charge is 2.18. The van der Waals surface area contributed by atoms with Gasteiger partial charge in [0, 0.05) is 0 Å². The quantitative estimate of drug-likeness (QED) is 0.873. The second kappa shape index (κ2) is 5.41. The van der Waals surface area contributed by atoms with Crippen molar-refractivity contribution in [3.8, 4) is 11.8 Å². The van der Waals surface area contributed by atoms with Gasteiger partial charge in [0.15, 0.2) is 5.75 Å². The number of carbonyl (C=O) groups excluding carboxylic acids is 1. The molecule has 0 heterocycles. The van der Waals surface area contributed by atoms with Gasteiger partial charge in [-0.2, -0.15) is 5.26 Å². The van der Waals surface area contributed by atoms with E-state index in [1.807, 2.05) is 6.07 Å². The van der Waals surface area contributed by atoms with Crippen LogP contribution in [0.5, 0.6) is 5.75 Å². The van der Waals surface area contributed by atoms with E-state index >= 15 is 0 Å². The first-order chi connectivity index (χ1) is 8.37. The second-order valence-electron chi connectivity index (χ2n) is 4.63. The van der Waals surface area contributed by atoms with Gasteiger partial charge in [0.1, 0.15) is 11.7 Å². The number of carbonyl (C=O) groups is 1. The zero-order valence-corrected chi connectivity index (χ0v) is 10.9. The molecule has 0 saturated carbocycles. The number of nitriles is 1. The average molecular weight is 248 g/mol. The third-order valence-electron chi connectivity index (χ3n) is 1.98. The first kappa shape index (κ1) is 13.8. The fourth-order valence-electron chi connectivity index (χ4n) is 1.36. The number of hydrogen-bond acceptors (Lipinski definition) is 4. The molecule has 0 unspecified atom stereocenters. The van der Waals surface area contributed by atoms with E-state index in [1.165, 1.54) is 7.11 Å². The summed E-state index contributed by atoms with van der Waals surface area (Å²) in [7, 11) is 1.44. The molecule has 5 heteroatoms. The summed E-state index contributed by atoms with van der Waals surface area (Å²) in [6.45, 7) is 5.32. The standard InChI is InChI=1S/C13H16N2O3/c1-13(2,3)18-12(16)15-10-7-5-6-9(8-14)11(10)17-4/h5-7H,1-4H3,(H,15,16). The van der Waals surface area contributed by atoms with Crippen LogP contribution in [-0.4, -0.2) is 18.8 Å². The number of hydrogen-bond donors (Lipinski definition) is 1. The van der Waals surface area contributed by atoms with Crippen molar-refractivity contribution in [2.75, 3.05) is 12.4 Å². The van der Waals surface area contributed by atoms with E-state index in [4.69, 9.17) is 14.7 Å². The molecule has 18 heavy (non-hydrogen) atoms. The number of rotatable bonds is 2. The Morgan fingerprint density at radius 2 is 2.06 bits per heavy atom. The molecule has 0 fully saturated rings. The molecule has 0 saturated heterocycles. The largest absolute Gasteiger partial charge is 0.493 e. The van der Waals surface area contributed by atoms with Gasteiger partial charge < -0.3 is 9.47 Å². The highest BCUT2D eigenvalue weighted by molar-refractivity contribution is 5.87. The van der Waals surface area contributed by atoms with Gasteiger partial charge in [-0.15, -0.1) is 0 Å². The lowest BCUT2D eigenvalue weighted by molar-refractivity contribution is 0.0635. The number of methoxy groups -OCH3 is 1. The van der Waals surface area contributed by atoms with Crippen LogP contribution < -0.4 is 10.1 Å². The van der Waals surface area contributed by atoms with Crippen LogP contribution >= 0.6 is 0 Å². The Labute approximate surface area is 106 Å². The smallest absolute Gasteiger partial charge is 0.412 e. The first-order valence-corrected chi connectivity index (χ1v) is 5.44. The van der Waals surface area contributed by atoms with Crippen LogP contribution in [0.4, 0.5) is 10.5 Å². The number of amides is 1. The molecule has 1 aromatic rings. The lowest BCUT2D eigenvalue weighted by Crippen LogP contribution is -2.27. The van der Waals surface area contributed by atoms with Crippen LogP contribution in [0.25, 0.3) is 0 Å². The van der Waals surface area contributed by atoms with Crippen molar-refractivity contribution in [1.82, 2.24) is 0 Å². The maximum atomic E-state index is 11.6. The molecule has 5 nitrogen and oxygen atoms in total. The van der Waals surface area contributed by atoms with Crippen molar-refractivity contribution in [2.45, 2.75) is 26.4 Å². The summed E-state index contributed by atoms with van der Waals surface area (Å²) in [6, 6.07) is 6.90. The van der Waals surface area contributed by atoms with Gasteiger partial charge in [-0.05, 0) is 32.9 Å². The molecule has 0 aromatic heterocycles. The van der Waals surface area contributed by atoms with Crippen LogP contribution in [0, 0.1) is 11.3 Å². The Morgan fingerprint density at radius 1 is 1.39 bits per heavy atom. The number of nitrogens with zero attached hydrogens (tertiary/aromatic N) is 1. The summed E-state index contributed by atoms with van der Waals surface area (Å²) in [5, 5.41) is 11.5. The zero-order chi connectivity index (χ0) is 13.8. The molecule has 1 N–H and O–H groups in total. The molecule has 0 bridgehead atoms. The van der Waals surface area contributed by atoms with Crippen LogP contribution in [0.15, 0.2) is 18.2 Å². The molecule has 1 amide bonds. The first-order valence-electron chi connectivity index (χ1n) is 5.44. The van der Waals surface area contributed by atoms with E-state index in [0.29, 0.717) is 17.0 Å². The zero-order valence-electron chi connectivity index (χ0n) is 10.9. The van der Waals surface area contributed by atoms with Crippen molar-refractivity contribution in [2.24, 2.45) is 0 Å². The van der Waals surface area contributed by atoms with E-state index in [2.05, 4.69) is 5.32 Å². The summed E-state index contributed by atoms with van der Waals surface area (Å²) in [6.07, 6.45) is -0.587. The van der Waals surface area contributed by atoms with Gasteiger partial charge in [-0.25, -0.2) is 4.79 Å². The minimum atomic E-state index is -0.587. The molecule has 1 rings (SSSR count). The van der Waals surface area contributed by atoms with Crippen molar-refractivity contribution in [3.05, 3.63) is 23.8 Å². The van der Waals surface area contributed by atoms with Gasteiger partial charge in [0.05, 0.1) is 18.4 Å². The van der Waals surface area contributed by atoms with Crippen LogP contribution in [-0.2, 0) is 4.74 Å². The van der Waals surface area contributed by atoms with Crippen molar-refractivity contribution < 1.29 is 14.3 Å². The predicted molar refractivity (Wildman–Crippen MR) is 67.6 cm³/mol. The molecule has 0 spiro atoms. The number of para-hydroxylation sites is 1. The fraction of sp³-hybridized carbons (Fsp3) is 0.385. The van der Waals surface area contributed by atoms with Gasteiger partial charge in [-0.3, -0.25) is 5.32 Å². The molecule has 1 aromatic carbocycles. The van der Waals surface area contributed by atoms with E-state index < -0.39 is 11.7 Å². The molecule has 0 aliphatic carbocycles. The molecular weight excluding hydrogens is 232 g/mol. The fourth-order valence-corrected chi connectivity index (χ4v) is 1.36. The minimum Gasteiger partial charge on any atom is -0.493 e. The highest BCUT2D eigenvalue weighted by atomic mass is 16.6. The third-order valence-corrected chi connectivity index (χ3v) is 1.98. The Morgan fingerprint density at radius 3 is 2.56 bits per heavy atom. The summed E-state index contributed by atoms with van der Waals surface area (Å²) < 4.78 is 10.2. The SMILES string of the molecule is COc1c(C#N)cccc1NC(=O)OC(C)(C)C. The Balaban J connectivity index is 2.92. The molecule has 0 aliphatic heterocycles. The van der Waals surface area contributed by atoms with Crippen molar-refractivity contribution in [3.63, 3.8) is 0 Å². The number of ether oxygens (including phenoxy) is 2. The molecule has 0 aliphatic rings. The second-order valence-corrected chi connectivity index (χ2v) is 4.63. The molecular formula is C13H16N2O3. The molecule has 0 radical (unpaired) electrons.